The van der Waals surface area contributed by atoms with E-state index in [9.17, 15) is 4.79 Å². The first-order valence-corrected chi connectivity index (χ1v) is 11.1. The average molecular weight is 457 g/mol. The fourth-order valence-electron chi connectivity index (χ4n) is 3.02. The molecule has 1 aliphatic carbocycles. The van der Waals surface area contributed by atoms with Crippen molar-refractivity contribution in [3.63, 3.8) is 0 Å². The fraction of sp³-hybridized carbons (Fsp3) is 0.360. The highest BCUT2D eigenvalue weighted by Crippen LogP contribution is 2.38. The molecule has 1 aliphatic rings. The highest BCUT2D eigenvalue weighted by molar-refractivity contribution is 6.30. The number of hydrogen-bond acceptors (Lipinski definition) is 4. The standard InChI is InChI=1S/C25H33ClN4O2/c1-19(22-17-21(26)11-10-20(22)9-7-5-4-6-8-15-27)23(12-16-29-18-28-3)30-24(31)32-25(2)13-14-25/h4-5,8,10-12,15-18,23H,1,6-7,9,13-14,27H2,2-3H3,(H,28,29)(H,30,31)/b5-4-,15-8-,16-12+/t23-/m0/s1. The first-order valence-electron chi connectivity index (χ1n) is 10.7. The van der Waals surface area contributed by atoms with E-state index in [1.54, 1.807) is 25.8 Å². The number of hydrogen-bond donors (Lipinski definition) is 3. The van der Waals surface area contributed by atoms with E-state index >= 15 is 0 Å². The first kappa shape index (κ1) is 25.3. The van der Waals surface area contributed by atoms with Gasteiger partial charge in [-0.25, -0.2) is 4.79 Å². The van der Waals surface area contributed by atoms with Gasteiger partial charge in [0.2, 0.25) is 0 Å². The number of alkyl carbamates (subject to hydrolysis) is 1. The largest absolute Gasteiger partial charge is 0.443 e. The second-order valence-electron chi connectivity index (χ2n) is 7.88. The van der Waals surface area contributed by atoms with Crippen molar-refractivity contribution in [2.75, 3.05) is 7.05 Å². The van der Waals surface area contributed by atoms with Crippen molar-refractivity contribution in [1.29, 1.82) is 0 Å². The molecule has 172 valence electrons. The van der Waals surface area contributed by atoms with Crippen molar-refractivity contribution in [2.24, 2.45) is 10.7 Å². The van der Waals surface area contributed by atoms with Crippen LogP contribution in [0.15, 0.2) is 66.5 Å². The summed E-state index contributed by atoms with van der Waals surface area (Å²) in [6.07, 6.45) is 16.5. The molecule has 0 saturated heterocycles. The summed E-state index contributed by atoms with van der Waals surface area (Å²) in [7, 11) is 1.67. The number of allylic oxidation sites excluding steroid dienone is 3. The van der Waals surface area contributed by atoms with Crippen LogP contribution in [0.1, 0.15) is 43.7 Å². The summed E-state index contributed by atoms with van der Waals surface area (Å²) < 4.78 is 5.54. The zero-order valence-electron chi connectivity index (χ0n) is 18.8. The molecule has 0 heterocycles. The summed E-state index contributed by atoms with van der Waals surface area (Å²) >= 11 is 6.30. The number of nitrogens with zero attached hydrogens (tertiary/aromatic N) is 1. The minimum Gasteiger partial charge on any atom is -0.443 e. The normalized spacial score (nSPS) is 16.1. The van der Waals surface area contributed by atoms with Crippen molar-refractivity contribution in [3.8, 4) is 0 Å². The minimum atomic E-state index is -0.481. The van der Waals surface area contributed by atoms with E-state index in [-0.39, 0.29) is 5.60 Å². The lowest BCUT2D eigenvalue weighted by molar-refractivity contribution is 0.0930. The maximum Gasteiger partial charge on any atom is 0.408 e. The number of amides is 1. The molecule has 0 unspecified atom stereocenters. The molecule has 0 aromatic heterocycles. The van der Waals surface area contributed by atoms with Crippen molar-refractivity contribution < 1.29 is 9.53 Å². The van der Waals surface area contributed by atoms with Gasteiger partial charge in [-0.15, -0.1) is 0 Å². The number of aryl methyl sites for hydroxylation is 1. The van der Waals surface area contributed by atoms with Crippen molar-refractivity contribution in [2.45, 2.75) is 50.7 Å². The summed E-state index contributed by atoms with van der Waals surface area (Å²) in [5.74, 6) is 0. The van der Waals surface area contributed by atoms with Gasteiger partial charge in [0.1, 0.15) is 5.60 Å². The highest BCUT2D eigenvalue weighted by Gasteiger charge is 2.42. The molecule has 1 aromatic rings. The van der Waals surface area contributed by atoms with E-state index in [2.05, 4.69) is 34.4 Å². The number of rotatable bonds is 12. The van der Waals surface area contributed by atoms with Gasteiger partial charge in [-0.3, -0.25) is 4.99 Å². The van der Waals surface area contributed by atoms with Crippen LogP contribution in [0.2, 0.25) is 5.02 Å². The number of halogens is 1. The van der Waals surface area contributed by atoms with E-state index in [0.29, 0.717) is 5.02 Å². The van der Waals surface area contributed by atoms with E-state index in [1.807, 2.05) is 37.3 Å². The number of nitrogens with one attached hydrogen (secondary N) is 2. The Balaban J connectivity index is 2.18. The maximum atomic E-state index is 12.5. The van der Waals surface area contributed by atoms with E-state index < -0.39 is 12.1 Å². The van der Waals surface area contributed by atoms with Crippen LogP contribution in [0.25, 0.3) is 5.57 Å². The van der Waals surface area contributed by atoms with Crippen LogP contribution in [0, 0.1) is 0 Å². The Morgan fingerprint density at radius 1 is 1.38 bits per heavy atom. The number of aliphatic imine (C=N–C) groups is 1. The molecule has 7 heteroatoms. The third kappa shape index (κ3) is 8.63. The predicted octanol–water partition coefficient (Wildman–Crippen LogP) is 5.11. The maximum absolute atomic E-state index is 12.5. The number of carbonyl (C=O) groups excluding carboxylic acids is 1. The van der Waals surface area contributed by atoms with Crippen LogP contribution < -0.4 is 16.4 Å². The molecule has 1 saturated carbocycles. The minimum absolute atomic E-state index is 0.362. The Morgan fingerprint density at radius 3 is 2.84 bits per heavy atom. The Kier molecular flexibility index (Phi) is 10.1. The first-order chi connectivity index (χ1) is 15.4. The summed E-state index contributed by atoms with van der Waals surface area (Å²) in [6, 6.07) is 5.28. The second-order valence-corrected chi connectivity index (χ2v) is 8.31. The molecule has 1 atom stereocenters. The highest BCUT2D eigenvalue weighted by atomic mass is 35.5. The molecule has 2 rings (SSSR count). The summed E-state index contributed by atoms with van der Waals surface area (Å²) in [5.41, 5.74) is 7.73. The van der Waals surface area contributed by atoms with Crippen LogP contribution in [0.4, 0.5) is 4.79 Å². The quantitative estimate of drug-likeness (QED) is 0.231. The average Bonchev–Trinajstić information content (AvgIpc) is 3.49. The molecular formula is C25H33ClN4O2. The van der Waals surface area contributed by atoms with Gasteiger partial charge >= 0.3 is 6.09 Å². The topological polar surface area (TPSA) is 88.7 Å². The number of ether oxygens (including phenoxy) is 1. The SMILES string of the molecule is C=C(c1cc(Cl)ccc1CC/C=C\C/C=C\N)[C@H](/C=C/NC=NC)NC(=O)OC1(C)CC1. The third-order valence-corrected chi connectivity index (χ3v) is 5.34. The van der Waals surface area contributed by atoms with Crippen LogP contribution >= 0.6 is 11.6 Å². The summed E-state index contributed by atoms with van der Waals surface area (Å²) in [6.45, 7) is 6.21. The Hall–Kier alpha value is -2.99. The van der Waals surface area contributed by atoms with Crippen molar-refractivity contribution in [1.82, 2.24) is 10.6 Å². The Bertz CT molecular complexity index is 901. The van der Waals surface area contributed by atoms with Gasteiger partial charge in [-0.2, -0.15) is 0 Å². The van der Waals surface area contributed by atoms with Crippen LogP contribution in [-0.2, 0) is 11.2 Å². The molecule has 0 aliphatic heterocycles. The van der Waals surface area contributed by atoms with Gasteiger partial charge in [-0.05, 0) is 80.1 Å². The van der Waals surface area contributed by atoms with Crippen molar-refractivity contribution >= 4 is 29.6 Å². The molecule has 6 nitrogen and oxygen atoms in total. The number of nitrogens with two attached hydrogens (primary N) is 1. The van der Waals surface area contributed by atoms with E-state index in [1.165, 1.54) is 0 Å². The van der Waals surface area contributed by atoms with Gasteiger partial charge in [0.15, 0.2) is 0 Å². The molecular weight excluding hydrogens is 424 g/mol. The number of benzene rings is 1. The molecule has 32 heavy (non-hydrogen) atoms. The second kappa shape index (κ2) is 12.8. The lowest BCUT2D eigenvalue weighted by atomic mass is 9.93. The van der Waals surface area contributed by atoms with Crippen LogP contribution in [0.3, 0.4) is 0 Å². The molecule has 0 spiro atoms. The van der Waals surface area contributed by atoms with Crippen LogP contribution in [0.5, 0.6) is 0 Å². The van der Waals surface area contributed by atoms with Gasteiger partial charge in [-0.1, -0.05) is 42.5 Å². The van der Waals surface area contributed by atoms with E-state index in [0.717, 1.165) is 48.8 Å². The van der Waals surface area contributed by atoms with Crippen molar-refractivity contribution in [3.05, 3.63) is 77.6 Å². The molecule has 1 amide bonds. The van der Waals surface area contributed by atoms with Gasteiger partial charge in [0.05, 0.1) is 12.4 Å². The smallest absolute Gasteiger partial charge is 0.408 e. The fourth-order valence-corrected chi connectivity index (χ4v) is 3.19. The Labute approximate surface area is 196 Å². The lowest BCUT2D eigenvalue weighted by Crippen LogP contribution is -2.37. The molecule has 4 N–H and O–H groups in total. The number of carbonyl (C=O) groups is 1. The zero-order chi connectivity index (χ0) is 23.4. The zero-order valence-corrected chi connectivity index (χ0v) is 19.6. The predicted molar refractivity (Wildman–Crippen MR) is 134 cm³/mol. The summed E-state index contributed by atoms with van der Waals surface area (Å²) in [4.78, 5) is 16.4. The molecule has 1 aromatic carbocycles. The van der Waals surface area contributed by atoms with Gasteiger partial charge < -0.3 is 21.1 Å². The lowest BCUT2D eigenvalue weighted by Gasteiger charge is -2.22. The molecule has 1 fully saturated rings. The molecule has 0 radical (unpaired) electrons. The summed E-state index contributed by atoms with van der Waals surface area (Å²) in [5, 5.41) is 6.46. The Morgan fingerprint density at radius 2 is 2.16 bits per heavy atom. The van der Waals surface area contributed by atoms with Gasteiger partial charge in [0.25, 0.3) is 0 Å². The van der Waals surface area contributed by atoms with E-state index in [4.69, 9.17) is 22.1 Å². The molecule has 0 bridgehead atoms. The van der Waals surface area contributed by atoms with Gasteiger partial charge in [0, 0.05) is 18.3 Å². The van der Waals surface area contributed by atoms with Crippen LogP contribution in [-0.4, -0.2) is 31.1 Å². The third-order valence-electron chi connectivity index (χ3n) is 5.10. The monoisotopic (exact) mass is 456 g/mol.